The van der Waals surface area contributed by atoms with Gasteiger partial charge < -0.3 is 16.0 Å². The Balaban J connectivity index is 1.90. The van der Waals surface area contributed by atoms with Gasteiger partial charge in [-0.1, -0.05) is 6.07 Å². The molecule has 0 saturated carbocycles. The highest BCUT2D eigenvalue weighted by molar-refractivity contribution is 6.28. The van der Waals surface area contributed by atoms with E-state index in [1.54, 1.807) is 11.0 Å². The fraction of sp³-hybridized carbons (Fsp3) is 0.200. The number of carbonyl (C=O) groups excluding carboxylic acids is 2. The topological polar surface area (TPSA) is 101 Å². The number of hydrogen-bond acceptors (Lipinski definition) is 5. The first-order valence-electron chi connectivity index (χ1n) is 7.04. The molecule has 3 rings (SSSR count). The van der Waals surface area contributed by atoms with Gasteiger partial charge in [-0.25, -0.2) is 4.98 Å². The number of primary amides is 1. The van der Waals surface area contributed by atoms with Crippen molar-refractivity contribution in [1.82, 2.24) is 9.97 Å². The fourth-order valence-electron chi connectivity index (χ4n) is 2.45. The van der Waals surface area contributed by atoms with Gasteiger partial charge in [0.1, 0.15) is 11.4 Å². The first-order valence-corrected chi connectivity index (χ1v) is 7.42. The van der Waals surface area contributed by atoms with Crippen molar-refractivity contribution >= 4 is 40.6 Å². The lowest BCUT2D eigenvalue weighted by atomic mass is 10.2. The van der Waals surface area contributed by atoms with Crippen molar-refractivity contribution < 1.29 is 9.59 Å². The predicted octanol–water partition coefficient (Wildman–Crippen LogP) is 2.10. The number of nitrogens with one attached hydrogen (secondary N) is 1. The summed E-state index contributed by atoms with van der Waals surface area (Å²) in [6.45, 7) is 0.703. The fourth-order valence-corrected chi connectivity index (χ4v) is 2.58. The first-order chi connectivity index (χ1) is 11.0. The van der Waals surface area contributed by atoms with Crippen molar-refractivity contribution in [1.29, 1.82) is 0 Å². The lowest BCUT2D eigenvalue weighted by molar-refractivity contribution is -0.117. The smallest absolute Gasteiger partial charge is 0.254 e. The van der Waals surface area contributed by atoms with E-state index >= 15 is 0 Å². The summed E-state index contributed by atoms with van der Waals surface area (Å²) in [5.74, 6) is -0.331. The number of aromatic nitrogens is 2. The second-order valence-electron chi connectivity index (χ2n) is 5.09. The number of nitrogens with two attached hydrogens (primary N) is 1. The quantitative estimate of drug-likeness (QED) is 0.835. The normalized spacial score (nSPS) is 14.1. The van der Waals surface area contributed by atoms with Crippen molar-refractivity contribution in [2.75, 3.05) is 16.8 Å². The highest BCUT2D eigenvalue weighted by atomic mass is 35.5. The molecule has 1 aromatic carbocycles. The van der Waals surface area contributed by atoms with Crippen LogP contribution in [0.2, 0.25) is 5.28 Å². The molecule has 0 aliphatic carbocycles. The highest BCUT2D eigenvalue weighted by Gasteiger charge is 2.22. The summed E-state index contributed by atoms with van der Waals surface area (Å²) >= 11 is 5.77. The van der Waals surface area contributed by atoms with Crippen LogP contribution in [0.4, 0.5) is 17.2 Å². The lowest BCUT2D eigenvalue weighted by Gasteiger charge is -2.17. The van der Waals surface area contributed by atoms with E-state index in [9.17, 15) is 9.59 Å². The molecule has 8 heteroatoms. The van der Waals surface area contributed by atoms with E-state index in [4.69, 9.17) is 17.3 Å². The maximum Gasteiger partial charge on any atom is 0.254 e. The molecular weight excluding hydrogens is 318 g/mol. The number of carbonyl (C=O) groups is 2. The molecule has 1 aliphatic heterocycles. The van der Waals surface area contributed by atoms with Crippen LogP contribution in [-0.4, -0.2) is 28.3 Å². The molecule has 2 heterocycles. The van der Waals surface area contributed by atoms with Gasteiger partial charge >= 0.3 is 0 Å². The van der Waals surface area contributed by atoms with Crippen LogP contribution in [0.25, 0.3) is 0 Å². The molecule has 1 fully saturated rings. The van der Waals surface area contributed by atoms with Gasteiger partial charge in [-0.3, -0.25) is 9.59 Å². The third-order valence-corrected chi connectivity index (χ3v) is 3.70. The molecule has 0 radical (unpaired) electrons. The molecule has 1 aliphatic rings. The average molecular weight is 332 g/mol. The summed E-state index contributed by atoms with van der Waals surface area (Å²) in [5, 5.41) is 3.00. The summed E-state index contributed by atoms with van der Waals surface area (Å²) < 4.78 is 0. The Bertz CT molecular complexity index is 780. The van der Waals surface area contributed by atoms with Crippen molar-refractivity contribution in [3.05, 3.63) is 41.3 Å². The van der Waals surface area contributed by atoms with Gasteiger partial charge in [-0.05, 0) is 36.2 Å². The van der Waals surface area contributed by atoms with Gasteiger partial charge in [0.05, 0.1) is 0 Å². The van der Waals surface area contributed by atoms with E-state index in [0.29, 0.717) is 18.7 Å². The van der Waals surface area contributed by atoms with E-state index in [-0.39, 0.29) is 22.6 Å². The largest absolute Gasteiger partial charge is 0.365 e. The Morgan fingerprint density at radius 1 is 1.39 bits per heavy atom. The number of halogens is 1. The molecule has 2 aromatic rings. The predicted molar refractivity (Wildman–Crippen MR) is 86.9 cm³/mol. The van der Waals surface area contributed by atoms with Gasteiger partial charge in [0, 0.05) is 30.5 Å². The molecule has 0 unspecified atom stereocenters. The number of amides is 2. The number of nitrogens with zero attached hydrogens (tertiary/aromatic N) is 3. The van der Waals surface area contributed by atoms with Crippen LogP contribution < -0.4 is 16.0 Å². The van der Waals surface area contributed by atoms with Gasteiger partial charge in [0.25, 0.3) is 5.91 Å². The lowest BCUT2D eigenvalue weighted by Crippen LogP contribution is -2.23. The first kappa shape index (κ1) is 15.2. The number of anilines is 3. The summed E-state index contributed by atoms with van der Waals surface area (Å²) in [6.07, 6.45) is 2.68. The second kappa shape index (κ2) is 6.21. The molecule has 1 aromatic heterocycles. The number of benzene rings is 1. The molecule has 3 N–H and O–H groups in total. The van der Waals surface area contributed by atoms with E-state index < -0.39 is 5.91 Å². The maximum atomic E-state index is 11.8. The molecule has 0 spiro atoms. The van der Waals surface area contributed by atoms with E-state index in [1.807, 2.05) is 18.2 Å². The zero-order valence-electron chi connectivity index (χ0n) is 12.1. The van der Waals surface area contributed by atoms with Crippen LogP contribution in [0.3, 0.4) is 0 Å². The maximum absolute atomic E-state index is 11.8. The minimum atomic E-state index is -0.657. The Morgan fingerprint density at radius 2 is 2.22 bits per heavy atom. The highest BCUT2D eigenvalue weighted by Crippen LogP contribution is 2.26. The van der Waals surface area contributed by atoms with Gasteiger partial charge in [0.2, 0.25) is 11.2 Å². The third-order valence-electron chi connectivity index (χ3n) is 3.52. The van der Waals surface area contributed by atoms with Crippen LogP contribution >= 0.6 is 11.6 Å². The minimum absolute atomic E-state index is 0.00313. The van der Waals surface area contributed by atoms with Crippen molar-refractivity contribution in [3.8, 4) is 0 Å². The zero-order valence-corrected chi connectivity index (χ0v) is 12.9. The summed E-state index contributed by atoms with van der Waals surface area (Å²) in [4.78, 5) is 32.8. The molecular formula is C15H14ClN5O2. The molecule has 1 saturated heterocycles. The monoisotopic (exact) mass is 331 g/mol. The molecule has 2 amide bonds. The Hall–Kier alpha value is -2.67. The molecule has 118 valence electrons. The Morgan fingerprint density at radius 3 is 2.91 bits per heavy atom. The van der Waals surface area contributed by atoms with Gasteiger partial charge in [0.15, 0.2) is 0 Å². The van der Waals surface area contributed by atoms with Crippen LogP contribution in [0.15, 0.2) is 30.5 Å². The SMILES string of the molecule is NC(=O)c1cnc(Cl)nc1Nc1cccc(N2CCCC2=O)c1. The van der Waals surface area contributed by atoms with E-state index in [0.717, 1.165) is 12.1 Å². The van der Waals surface area contributed by atoms with E-state index in [2.05, 4.69) is 15.3 Å². The minimum Gasteiger partial charge on any atom is -0.365 e. The number of rotatable bonds is 4. The summed E-state index contributed by atoms with van der Waals surface area (Å²) in [7, 11) is 0. The Labute approximate surface area is 137 Å². The summed E-state index contributed by atoms with van der Waals surface area (Å²) in [6, 6.07) is 7.28. The molecule has 0 bridgehead atoms. The molecule has 7 nitrogen and oxygen atoms in total. The van der Waals surface area contributed by atoms with Crippen LogP contribution in [0.5, 0.6) is 0 Å². The number of hydrogen-bond donors (Lipinski definition) is 2. The van der Waals surface area contributed by atoms with Crippen molar-refractivity contribution in [3.63, 3.8) is 0 Å². The zero-order chi connectivity index (χ0) is 16.4. The second-order valence-corrected chi connectivity index (χ2v) is 5.43. The van der Waals surface area contributed by atoms with Gasteiger partial charge in [-0.2, -0.15) is 4.98 Å². The van der Waals surface area contributed by atoms with Gasteiger partial charge in [-0.15, -0.1) is 0 Å². The van der Waals surface area contributed by atoms with Crippen LogP contribution in [0, 0.1) is 0 Å². The van der Waals surface area contributed by atoms with Crippen LogP contribution in [0.1, 0.15) is 23.2 Å². The van der Waals surface area contributed by atoms with Crippen LogP contribution in [-0.2, 0) is 4.79 Å². The van der Waals surface area contributed by atoms with Crippen molar-refractivity contribution in [2.45, 2.75) is 12.8 Å². The Kier molecular flexibility index (Phi) is 4.12. The standard InChI is InChI=1S/C15H14ClN5O2/c16-15-18-8-11(13(17)23)14(20-15)19-9-3-1-4-10(7-9)21-6-2-5-12(21)22/h1,3-4,7-8H,2,5-6H2,(H2,17,23)(H,18,19,20). The molecule has 0 atom stereocenters. The molecule has 23 heavy (non-hydrogen) atoms. The third kappa shape index (κ3) is 3.24. The van der Waals surface area contributed by atoms with Crippen molar-refractivity contribution in [2.24, 2.45) is 5.73 Å². The van der Waals surface area contributed by atoms with E-state index in [1.165, 1.54) is 6.20 Å². The summed E-state index contributed by atoms with van der Waals surface area (Å²) in [5.41, 5.74) is 6.90. The average Bonchev–Trinajstić information content (AvgIpc) is 2.93.